The van der Waals surface area contributed by atoms with Crippen molar-refractivity contribution in [3.05, 3.63) is 69.2 Å². The highest BCUT2D eigenvalue weighted by Gasteiger charge is 2.42. The maximum atomic E-state index is 12.9. The fraction of sp³-hybridized carbons (Fsp3) is 0.125. The molecule has 0 saturated heterocycles. The molecule has 3 rings (SSSR count). The van der Waals surface area contributed by atoms with Crippen molar-refractivity contribution < 1.29 is 32.1 Å². The molecule has 0 aliphatic heterocycles. The number of furan rings is 1. The number of alkyl halides is 3. The second-order valence-electron chi connectivity index (χ2n) is 5.36. The molecule has 134 valence electrons. The van der Waals surface area contributed by atoms with Gasteiger partial charge in [0.2, 0.25) is 5.78 Å². The molecule has 0 aliphatic rings. The predicted octanol–water partition coefficient (Wildman–Crippen LogP) is 3.72. The van der Waals surface area contributed by atoms with Crippen LogP contribution in [0.4, 0.5) is 19.1 Å². The molecule has 26 heavy (non-hydrogen) atoms. The highest BCUT2D eigenvalue weighted by molar-refractivity contribution is 6.14. The van der Waals surface area contributed by atoms with E-state index in [2.05, 4.69) is 0 Å². The van der Waals surface area contributed by atoms with Gasteiger partial charge >= 0.3 is 12.1 Å². The summed E-state index contributed by atoms with van der Waals surface area (Å²) in [5.74, 6) is -4.06. The van der Waals surface area contributed by atoms with Crippen molar-refractivity contribution in [2.45, 2.75) is 13.1 Å². The number of fused-ring (bicyclic) bond motifs is 1. The molecule has 0 atom stereocenters. The normalized spacial score (nSPS) is 11.7. The second kappa shape index (κ2) is 5.83. The second-order valence-corrected chi connectivity index (χ2v) is 5.36. The molecule has 7 nitrogen and oxygen atoms in total. The van der Waals surface area contributed by atoms with Crippen LogP contribution in [-0.4, -0.2) is 27.1 Å². The standard InChI is InChI=1S/C16H9F3N2O5/c1-8-12(15(23)16(17,18)19)9-4-2-3-7-20(9)13(8)14(22)10-5-6-11(26-10)21(24)25/h2-7H,1H3. The van der Waals surface area contributed by atoms with Gasteiger partial charge in [0.15, 0.2) is 5.76 Å². The van der Waals surface area contributed by atoms with E-state index in [1.165, 1.54) is 31.3 Å². The summed E-state index contributed by atoms with van der Waals surface area (Å²) in [6, 6.07) is 6.17. The van der Waals surface area contributed by atoms with E-state index >= 15 is 0 Å². The zero-order valence-electron chi connectivity index (χ0n) is 13.0. The van der Waals surface area contributed by atoms with E-state index in [-0.39, 0.29) is 16.8 Å². The quantitative estimate of drug-likeness (QED) is 0.398. The Balaban J connectivity index is 2.23. The van der Waals surface area contributed by atoms with Gasteiger partial charge in [-0.2, -0.15) is 13.2 Å². The van der Waals surface area contributed by atoms with E-state index in [0.717, 1.165) is 16.5 Å². The summed E-state index contributed by atoms with van der Waals surface area (Å²) in [5, 5.41) is 10.7. The van der Waals surface area contributed by atoms with Crippen LogP contribution in [0, 0.1) is 17.0 Å². The Labute approximate surface area is 142 Å². The number of Topliss-reactive ketones (excluding diaryl/α,β-unsaturated/α-hetero) is 1. The maximum Gasteiger partial charge on any atom is 0.454 e. The third kappa shape index (κ3) is 2.65. The number of nitrogens with zero attached hydrogens (tertiary/aromatic N) is 2. The summed E-state index contributed by atoms with van der Waals surface area (Å²) >= 11 is 0. The molecule has 0 N–H and O–H groups in total. The van der Waals surface area contributed by atoms with Gasteiger partial charge in [-0.1, -0.05) is 6.07 Å². The minimum atomic E-state index is -5.12. The number of nitro groups is 1. The number of hydrogen-bond donors (Lipinski definition) is 0. The van der Waals surface area contributed by atoms with Gasteiger partial charge in [-0.25, -0.2) is 0 Å². The summed E-state index contributed by atoms with van der Waals surface area (Å²) < 4.78 is 44.8. The molecule has 3 aromatic rings. The molecule has 0 bridgehead atoms. The van der Waals surface area contributed by atoms with Crippen molar-refractivity contribution in [1.82, 2.24) is 4.40 Å². The average molecular weight is 366 g/mol. The number of carbonyl (C=O) groups excluding carboxylic acids is 2. The van der Waals surface area contributed by atoms with Crippen molar-refractivity contribution >= 4 is 23.0 Å². The Kier molecular flexibility index (Phi) is 3.90. The lowest BCUT2D eigenvalue weighted by molar-refractivity contribution is -0.402. The fourth-order valence-corrected chi connectivity index (χ4v) is 2.71. The lowest BCUT2D eigenvalue weighted by atomic mass is 10.0. The minimum Gasteiger partial charge on any atom is -0.397 e. The number of rotatable bonds is 4. The van der Waals surface area contributed by atoms with E-state index in [4.69, 9.17) is 4.42 Å². The Bertz CT molecular complexity index is 1060. The van der Waals surface area contributed by atoms with Crippen LogP contribution in [-0.2, 0) is 0 Å². The maximum absolute atomic E-state index is 12.9. The van der Waals surface area contributed by atoms with Crippen LogP contribution in [0.15, 0.2) is 40.9 Å². The van der Waals surface area contributed by atoms with Crippen LogP contribution in [0.5, 0.6) is 0 Å². The smallest absolute Gasteiger partial charge is 0.397 e. The first kappa shape index (κ1) is 17.4. The fourth-order valence-electron chi connectivity index (χ4n) is 2.71. The first-order valence-corrected chi connectivity index (χ1v) is 7.13. The molecule has 0 radical (unpaired) electrons. The summed E-state index contributed by atoms with van der Waals surface area (Å²) in [6.07, 6.45) is -3.80. The zero-order chi connectivity index (χ0) is 19.2. The number of hydrogen-bond acceptors (Lipinski definition) is 5. The summed E-state index contributed by atoms with van der Waals surface area (Å²) in [7, 11) is 0. The van der Waals surface area contributed by atoms with Gasteiger partial charge in [0.1, 0.15) is 10.6 Å². The highest BCUT2D eigenvalue weighted by Crippen LogP contribution is 2.31. The van der Waals surface area contributed by atoms with Crippen molar-refractivity contribution in [2.24, 2.45) is 0 Å². The van der Waals surface area contributed by atoms with Crippen LogP contribution in [0.25, 0.3) is 5.52 Å². The van der Waals surface area contributed by atoms with E-state index in [1.54, 1.807) is 0 Å². The van der Waals surface area contributed by atoms with Crippen LogP contribution in [0.2, 0.25) is 0 Å². The molecule has 3 heterocycles. The van der Waals surface area contributed by atoms with Gasteiger partial charge in [-0.15, -0.1) is 0 Å². The molecular weight excluding hydrogens is 357 g/mol. The van der Waals surface area contributed by atoms with Crippen LogP contribution >= 0.6 is 0 Å². The first-order chi connectivity index (χ1) is 12.1. The van der Waals surface area contributed by atoms with Gasteiger partial charge in [0, 0.05) is 6.20 Å². The van der Waals surface area contributed by atoms with Crippen LogP contribution in [0.1, 0.15) is 32.2 Å². The number of halogens is 3. The van der Waals surface area contributed by atoms with Crippen molar-refractivity contribution in [3.63, 3.8) is 0 Å². The lowest BCUT2D eigenvalue weighted by Gasteiger charge is -2.05. The van der Waals surface area contributed by atoms with Crippen molar-refractivity contribution in [3.8, 4) is 0 Å². The van der Waals surface area contributed by atoms with Gasteiger partial charge in [0.05, 0.1) is 17.1 Å². The number of carbonyl (C=O) groups is 2. The lowest BCUT2D eigenvalue weighted by Crippen LogP contribution is -2.23. The molecule has 0 aromatic carbocycles. The molecule has 0 amide bonds. The Hall–Kier alpha value is -3.43. The zero-order valence-corrected chi connectivity index (χ0v) is 13.0. The summed E-state index contributed by atoms with van der Waals surface area (Å²) in [6.45, 7) is 1.20. The minimum absolute atomic E-state index is 0.100. The summed E-state index contributed by atoms with van der Waals surface area (Å²) in [5.41, 5.74) is -1.18. The molecule has 0 spiro atoms. The van der Waals surface area contributed by atoms with Crippen molar-refractivity contribution in [1.29, 1.82) is 0 Å². The molecule has 0 aliphatic carbocycles. The first-order valence-electron chi connectivity index (χ1n) is 7.13. The van der Waals surface area contributed by atoms with Gasteiger partial charge in [-0.3, -0.25) is 19.7 Å². The third-order valence-corrected chi connectivity index (χ3v) is 3.78. The number of ketones is 2. The molecule has 0 saturated carbocycles. The van der Waals surface area contributed by atoms with E-state index in [9.17, 15) is 32.9 Å². The molecule has 10 heteroatoms. The Morgan fingerprint density at radius 1 is 1.19 bits per heavy atom. The highest BCUT2D eigenvalue weighted by atomic mass is 19.4. The molecular formula is C16H9F3N2O5. The average Bonchev–Trinajstić information content (AvgIpc) is 3.15. The van der Waals surface area contributed by atoms with E-state index in [0.29, 0.717) is 0 Å². The van der Waals surface area contributed by atoms with Gasteiger partial charge in [-0.05, 0) is 30.7 Å². The van der Waals surface area contributed by atoms with Crippen LogP contribution < -0.4 is 0 Å². The SMILES string of the molecule is Cc1c(C(=O)C(F)(F)F)c2ccccn2c1C(=O)c1ccc([N+](=O)[O-])o1. The van der Waals surface area contributed by atoms with E-state index < -0.39 is 39.9 Å². The van der Waals surface area contributed by atoms with E-state index in [1.807, 2.05) is 0 Å². The monoisotopic (exact) mass is 366 g/mol. The topological polar surface area (TPSA) is 94.8 Å². The predicted molar refractivity (Wildman–Crippen MR) is 81.3 cm³/mol. The number of aromatic nitrogens is 1. The summed E-state index contributed by atoms with van der Waals surface area (Å²) in [4.78, 5) is 34.3. The number of pyridine rings is 1. The molecule has 3 aromatic heterocycles. The van der Waals surface area contributed by atoms with Crippen LogP contribution in [0.3, 0.4) is 0 Å². The van der Waals surface area contributed by atoms with Gasteiger partial charge in [0.25, 0.3) is 5.78 Å². The third-order valence-electron chi connectivity index (χ3n) is 3.78. The van der Waals surface area contributed by atoms with Gasteiger partial charge < -0.3 is 8.82 Å². The van der Waals surface area contributed by atoms with Crippen molar-refractivity contribution in [2.75, 3.05) is 0 Å². The Morgan fingerprint density at radius 3 is 2.46 bits per heavy atom. The molecule has 0 unspecified atom stereocenters. The molecule has 0 fully saturated rings. The largest absolute Gasteiger partial charge is 0.454 e. The Morgan fingerprint density at radius 2 is 1.88 bits per heavy atom.